The molecule has 0 aliphatic carbocycles. The Hall–Kier alpha value is -3.12. The van der Waals surface area contributed by atoms with E-state index in [2.05, 4.69) is 10.5 Å². The second-order valence-corrected chi connectivity index (χ2v) is 5.87. The van der Waals surface area contributed by atoms with Crippen LogP contribution in [-0.4, -0.2) is 11.8 Å². The van der Waals surface area contributed by atoms with E-state index in [1.54, 1.807) is 30.3 Å². The van der Waals surface area contributed by atoms with E-state index in [0.717, 1.165) is 5.56 Å². The summed E-state index contributed by atoms with van der Waals surface area (Å²) in [5.41, 5.74) is 9.62. The predicted octanol–water partition coefficient (Wildman–Crippen LogP) is 2.74. The summed E-state index contributed by atoms with van der Waals surface area (Å²) >= 11 is 5.93. The molecular formula is C18H14ClN3O3. The minimum atomic E-state index is -0.728. The number of hydrogen-bond acceptors (Lipinski definition) is 4. The number of nitrogens with one attached hydrogen (secondary N) is 1. The molecule has 0 saturated heterocycles. The van der Waals surface area contributed by atoms with Crippen molar-refractivity contribution in [2.75, 3.05) is 0 Å². The topological polar surface area (TPSA) is 97.7 Å². The molecule has 2 amide bonds. The van der Waals surface area contributed by atoms with Crippen LogP contribution in [0.2, 0.25) is 5.02 Å². The van der Waals surface area contributed by atoms with Crippen LogP contribution in [0.3, 0.4) is 0 Å². The molecule has 3 rings (SSSR count). The predicted molar refractivity (Wildman–Crippen MR) is 94.0 cm³/mol. The molecule has 0 saturated carbocycles. The lowest BCUT2D eigenvalue weighted by molar-refractivity contribution is 0.0946. The maximum atomic E-state index is 12.1. The summed E-state index contributed by atoms with van der Waals surface area (Å²) in [6, 6.07) is 13.4. The standard InChI is InChI=1S/C18H14ClN3O3/c1-10-2-4-11(5-3-10)17(24)21-22-18-14(16(20)23)9-12-8-13(19)6-7-15(12)25-18/h2-9H,1H3,(H2,20,23)(H,21,24)/b22-18+. The zero-order chi connectivity index (χ0) is 18.0. The van der Waals surface area contributed by atoms with Gasteiger partial charge >= 0.3 is 0 Å². The molecule has 6 nitrogen and oxygen atoms in total. The van der Waals surface area contributed by atoms with Crippen LogP contribution >= 0.6 is 11.6 Å². The smallest absolute Gasteiger partial charge is 0.271 e. The van der Waals surface area contributed by atoms with Crippen molar-refractivity contribution in [2.45, 2.75) is 6.92 Å². The van der Waals surface area contributed by atoms with Gasteiger partial charge < -0.3 is 10.2 Å². The van der Waals surface area contributed by atoms with Crippen LogP contribution in [0.4, 0.5) is 0 Å². The summed E-state index contributed by atoms with van der Waals surface area (Å²) in [4.78, 5) is 23.8. The Morgan fingerprint density at radius 1 is 1.12 bits per heavy atom. The number of carbonyl (C=O) groups is 2. The van der Waals surface area contributed by atoms with Gasteiger partial charge in [0.05, 0.1) is 0 Å². The zero-order valence-corrected chi connectivity index (χ0v) is 14.0. The van der Waals surface area contributed by atoms with Gasteiger partial charge in [0.25, 0.3) is 11.8 Å². The number of nitrogens with zero attached hydrogens (tertiary/aromatic N) is 1. The molecule has 0 aliphatic rings. The number of aryl methyl sites for hydroxylation is 1. The van der Waals surface area contributed by atoms with Crippen LogP contribution in [0, 0.1) is 6.92 Å². The number of hydrogen-bond donors (Lipinski definition) is 2. The van der Waals surface area contributed by atoms with Gasteiger partial charge in [-0.15, -0.1) is 5.10 Å². The molecule has 3 N–H and O–H groups in total. The van der Waals surface area contributed by atoms with Crippen LogP contribution in [0.5, 0.6) is 0 Å². The summed E-state index contributed by atoms with van der Waals surface area (Å²) in [5.74, 6) is -1.16. The minimum absolute atomic E-state index is 0.0407. The van der Waals surface area contributed by atoms with Crippen molar-refractivity contribution in [3.05, 3.63) is 75.8 Å². The van der Waals surface area contributed by atoms with Crippen LogP contribution in [0.15, 0.2) is 58.0 Å². The number of benzene rings is 2. The number of fused-ring (bicyclic) bond motifs is 1. The maximum absolute atomic E-state index is 12.1. The first kappa shape index (κ1) is 16.7. The van der Waals surface area contributed by atoms with E-state index in [9.17, 15) is 9.59 Å². The Morgan fingerprint density at radius 3 is 2.52 bits per heavy atom. The van der Waals surface area contributed by atoms with E-state index >= 15 is 0 Å². The summed E-state index contributed by atoms with van der Waals surface area (Å²) < 4.78 is 5.57. The Morgan fingerprint density at radius 2 is 1.84 bits per heavy atom. The summed E-state index contributed by atoms with van der Waals surface area (Å²) in [6.45, 7) is 1.92. The molecule has 0 radical (unpaired) electrons. The molecule has 1 aromatic heterocycles. The largest absolute Gasteiger partial charge is 0.436 e. The minimum Gasteiger partial charge on any atom is -0.436 e. The van der Waals surface area contributed by atoms with Crippen LogP contribution < -0.4 is 16.7 Å². The van der Waals surface area contributed by atoms with E-state index in [0.29, 0.717) is 21.6 Å². The molecule has 1 heterocycles. The van der Waals surface area contributed by atoms with Gasteiger partial charge in [0.1, 0.15) is 11.1 Å². The Balaban J connectivity index is 2.01. The Bertz CT molecular complexity index is 1040. The van der Waals surface area contributed by atoms with Gasteiger partial charge in [-0.1, -0.05) is 29.3 Å². The third-order valence-electron chi connectivity index (χ3n) is 3.55. The third kappa shape index (κ3) is 3.70. The van der Waals surface area contributed by atoms with Crippen molar-refractivity contribution in [1.29, 1.82) is 0 Å². The highest BCUT2D eigenvalue weighted by molar-refractivity contribution is 6.31. The number of amides is 2. The van der Waals surface area contributed by atoms with Crippen molar-refractivity contribution in [3.8, 4) is 0 Å². The van der Waals surface area contributed by atoms with Gasteiger partial charge in [0, 0.05) is 16.0 Å². The average Bonchev–Trinajstić information content (AvgIpc) is 2.59. The lowest BCUT2D eigenvalue weighted by atomic mass is 10.1. The molecule has 0 fully saturated rings. The maximum Gasteiger partial charge on any atom is 0.271 e. The molecule has 25 heavy (non-hydrogen) atoms. The number of carbonyl (C=O) groups excluding carboxylic acids is 2. The van der Waals surface area contributed by atoms with Crippen LogP contribution in [0.1, 0.15) is 26.3 Å². The van der Waals surface area contributed by atoms with Gasteiger partial charge in [0.2, 0.25) is 5.55 Å². The van der Waals surface area contributed by atoms with Gasteiger partial charge in [0.15, 0.2) is 0 Å². The first-order valence-corrected chi connectivity index (χ1v) is 7.76. The molecule has 0 aliphatic heterocycles. The lowest BCUT2D eigenvalue weighted by Gasteiger charge is -2.03. The van der Waals surface area contributed by atoms with E-state index < -0.39 is 11.8 Å². The highest BCUT2D eigenvalue weighted by Gasteiger charge is 2.11. The molecule has 7 heteroatoms. The second-order valence-electron chi connectivity index (χ2n) is 5.43. The zero-order valence-electron chi connectivity index (χ0n) is 13.2. The quantitative estimate of drug-likeness (QED) is 0.707. The number of halogens is 1. The van der Waals surface area contributed by atoms with Crippen molar-refractivity contribution in [1.82, 2.24) is 5.43 Å². The van der Waals surface area contributed by atoms with Gasteiger partial charge in [-0.25, -0.2) is 5.43 Å². The van der Waals surface area contributed by atoms with Crippen molar-refractivity contribution in [3.63, 3.8) is 0 Å². The van der Waals surface area contributed by atoms with Crippen LogP contribution in [-0.2, 0) is 0 Å². The van der Waals surface area contributed by atoms with Crippen molar-refractivity contribution >= 4 is 34.4 Å². The third-order valence-corrected chi connectivity index (χ3v) is 3.78. The first-order chi connectivity index (χ1) is 11.9. The Kier molecular flexibility index (Phi) is 4.54. The average molecular weight is 356 g/mol. The molecule has 3 aromatic rings. The molecule has 0 bridgehead atoms. The van der Waals surface area contributed by atoms with Crippen molar-refractivity contribution < 1.29 is 14.0 Å². The summed E-state index contributed by atoms with van der Waals surface area (Å²) in [7, 11) is 0. The normalized spacial score (nSPS) is 11.5. The highest BCUT2D eigenvalue weighted by atomic mass is 35.5. The number of primary amides is 1. The van der Waals surface area contributed by atoms with E-state index in [-0.39, 0.29) is 11.1 Å². The lowest BCUT2D eigenvalue weighted by Crippen LogP contribution is -2.27. The fourth-order valence-corrected chi connectivity index (χ4v) is 2.41. The fraction of sp³-hybridized carbons (Fsp3) is 0.0556. The van der Waals surface area contributed by atoms with Crippen LogP contribution in [0.25, 0.3) is 11.0 Å². The number of rotatable bonds is 3. The molecule has 0 unspecified atom stereocenters. The van der Waals surface area contributed by atoms with E-state index in [1.165, 1.54) is 6.07 Å². The summed E-state index contributed by atoms with van der Waals surface area (Å²) in [6.07, 6.45) is 0. The van der Waals surface area contributed by atoms with Gasteiger partial charge in [-0.3, -0.25) is 9.59 Å². The van der Waals surface area contributed by atoms with Gasteiger partial charge in [-0.05, 0) is 43.3 Å². The fourth-order valence-electron chi connectivity index (χ4n) is 2.23. The summed E-state index contributed by atoms with van der Waals surface area (Å²) in [5, 5.41) is 5.00. The van der Waals surface area contributed by atoms with E-state index in [4.69, 9.17) is 21.8 Å². The van der Waals surface area contributed by atoms with Crippen molar-refractivity contribution in [2.24, 2.45) is 10.8 Å². The number of nitrogens with two attached hydrogens (primary N) is 1. The SMILES string of the molecule is Cc1ccc(C(=O)N/N=c2/oc3ccc(Cl)cc3cc2C(N)=O)cc1. The van der Waals surface area contributed by atoms with E-state index in [1.807, 2.05) is 19.1 Å². The second kappa shape index (κ2) is 6.78. The first-order valence-electron chi connectivity index (χ1n) is 7.38. The monoisotopic (exact) mass is 355 g/mol. The highest BCUT2D eigenvalue weighted by Crippen LogP contribution is 2.18. The molecule has 126 valence electrons. The van der Waals surface area contributed by atoms with Gasteiger partial charge in [-0.2, -0.15) is 0 Å². The molecule has 2 aromatic carbocycles. The molecule has 0 spiro atoms. The molecule has 0 atom stereocenters. The Labute approximate surface area is 147 Å². The molecular weight excluding hydrogens is 342 g/mol.